The molecule has 0 aromatic carbocycles. The summed E-state index contributed by atoms with van der Waals surface area (Å²) >= 11 is 0. The van der Waals surface area contributed by atoms with Gasteiger partial charge in [-0.1, -0.05) is 13.3 Å². The van der Waals surface area contributed by atoms with Gasteiger partial charge in [-0.15, -0.1) is 0 Å². The first-order valence-corrected chi connectivity index (χ1v) is 4.39. The van der Waals surface area contributed by atoms with Crippen LogP contribution in [0.4, 0.5) is 0 Å². The van der Waals surface area contributed by atoms with E-state index in [2.05, 4.69) is 13.0 Å². The number of hydrogen-bond donors (Lipinski definition) is 0. The molecule has 1 aliphatic rings. The molecule has 0 aromatic heterocycles. The molecule has 0 aliphatic heterocycles. The van der Waals surface area contributed by atoms with Gasteiger partial charge in [-0.2, -0.15) is 5.26 Å². The lowest BCUT2D eigenvalue weighted by Gasteiger charge is -2.41. The van der Waals surface area contributed by atoms with E-state index in [-0.39, 0.29) is 5.41 Å². The van der Waals surface area contributed by atoms with Gasteiger partial charge in [0.2, 0.25) is 0 Å². The Labute approximate surface area is 69.4 Å². The van der Waals surface area contributed by atoms with Crippen LogP contribution in [0, 0.1) is 22.2 Å². The van der Waals surface area contributed by atoms with Crippen molar-refractivity contribution in [1.29, 1.82) is 5.26 Å². The van der Waals surface area contributed by atoms with Crippen molar-refractivity contribution in [2.45, 2.75) is 46.5 Å². The third-order valence-corrected chi connectivity index (χ3v) is 2.73. The van der Waals surface area contributed by atoms with Crippen molar-refractivity contribution in [2.24, 2.45) is 10.8 Å². The highest BCUT2D eigenvalue weighted by molar-refractivity contribution is 4.98. The molecule has 0 spiro atoms. The maximum absolute atomic E-state index is 8.83. The summed E-state index contributed by atoms with van der Waals surface area (Å²) in [7, 11) is 0. The van der Waals surface area contributed by atoms with Gasteiger partial charge in [0, 0.05) is 0 Å². The van der Waals surface area contributed by atoms with Crippen LogP contribution in [0.15, 0.2) is 0 Å². The fraction of sp³-hybridized carbons (Fsp3) is 0.900. The van der Waals surface area contributed by atoms with Crippen molar-refractivity contribution in [3.63, 3.8) is 0 Å². The van der Waals surface area contributed by atoms with Crippen molar-refractivity contribution in [3.05, 3.63) is 0 Å². The minimum absolute atomic E-state index is 0.116. The molecule has 11 heavy (non-hydrogen) atoms. The molecule has 1 nitrogen and oxygen atoms in total. The summed E-state index contributed by atoms with van der Waals surface area (Å²) in [6, 6.07) is 2.37. The Kier molecular flexibility index (Phi) is 1.96. The molecule has 0 aromatic rings. The molecule has 0 amide bonds. The highest BCUT2D eigenvalue weighted by Gasteiger charge is 2.37. The summed E-state index contributed by atoms with van der Waals surface area (Å²) in [5.74, 6) is 0. The standard InChI is InChI=1S/C10H17N/c1-9(2,8-11)7-10(3)5-4-6-10/h4-7H2,1-3H3. The predicted octanol–water partition coefficient (Wildman–Crippen LogP) is 3.12. The van der Waals surface area contributed by atoms with E-state index in [4.69, 9.17) is 5.26 Å². The lowest BCUT2D eigenvalue weighted by Crippen LogP contribution is -2.31. The van der Waals surface area contributed by atoms with Crippen molar-refractivity contribution < 1.29 is 0 Å². The van der Waals surface area contributed by atoms with Crippen LogP contribution in [0.5, 0.6) is 0 Å². The Balaban J connectivity index is 2.48. The minimum atomic E-state index is -0.116. The van der Waals surface area contributed by atoms with Gasteiger partial charge in [0.25, 0.3) is 0 Å². The van der Waals surface area contributed by atoms with E-state index in [0.29, 0.717) is 5.41 Å². The number of nitrogens with zero attached hydrogens (tertiary/aromatic N) is 1. The third-order valence-electron chi connectivity index (χ3n) is 2.73. The first kappa shape index (κ1) is 8.59. The average Bonchev–Trinajstić information content (AvgIpc) is 1.84. The monoisotopic (exact) mass is 151 g/mol. The summed E-state index contributed by atoms with van der Waals surface area (Å²) < 4.78 is 0. The molecule has 0 N–H and O–H groups in total. The second-order valence-electron chi connectivity index (χ2n) is 4.84. The maximum Gasteiger partial charge on any atom is 0.0684 e. The zero-order valence-corrected chi connectivity index (χ0v) is 7.78. The molecule has 1 rings (SSSR count). The van der Waals surface area contributed by atoms with Crippen molar-refractivity contribution >= 4 is 0 Å². The minimum Gasteiger partial charge on any atom is -0.198 e. The Morgan fingerprint density at radius 3 is 2.27 bits per heavy atom. The van der Waals surface area contributed by atoms with Crippen LogP contribution in [0.3, 0.4) is 0 Å². The second-order valence-corrected chi connectivity index (χ2v) is 4.84. The summed E-state index contributed by atoms with van der Waals surface area (Å²) in [6.07, 6.45) is 5.06. The summed E-state index contributed by atoms with van der Waals surface area (Å²) in [4.78, 5) is 0. The molecule has 0 atom stereocenters. The van der Waals surface area contributed by atoms with Crippen LogP contribution in [0.1, 0.15) is 46.5 Å². The number of nitriles is 1. The molecule has 0 saturated heterocycles. The van der Waals surface area contributed by atoms with E-state index in [0.717, 1.165) is 6.42 Å². The lowest BCUT2D eigenvalue weighted by molar-refractivity contribution is 0.106. The molecule has 1 heteroatoms. The maximum atomic E-state index is 8.83. The molecule has 1 aliphatic carbocycles. The van der Waals surface area contributed by atoms with E-state index in [1.807, 2.05) is 13.8 Å². The van der Waals surface area contributed by atoms with Crippen LogP contribution in [-0.2, 0) is 0 Å². The highest BCUT2D eigenvalue weighted by Crippen LogP contribution is 2.48. The van der Waals surface area contributed by atoms with Crippen molar-refractivity contribution in [2.75, 3.05) is 0 Å². The normalized spacial score (nSPS) is 22.0. The molecule has 0 unspecified atom stereocenters. The topological polar surface area (TPSA) is 23.8 Å². The zero-order chi connectivity index (χ0) is 8.54. The Bertz CT molecular complexity index is 182. The predicted molar refractivity (Wildman–Crippen MR) is 46.0 cm³/mol. The summed E-state index contributed by atoms with van der Waals surface area (Å²) in [5.41, 5.74) is 0.369. The Hall–Kier alpha value is -0.510. The quantitative estimate of drug-likeness (QED) is 0.595. The molecule has 0 radical (unpaired) electrons. The van der Waals surface area contributed by atoms with Crippen LogP contribution >= 0.6 is 0 Å². The molecule has 1 fully saturated rings. The highest BCUT2D eigenvalue weighted by atomic mass is 14.4. The molecule has 0 bridgehead atoms. The van der Waals surface area contributed by atoms with Gasteiger partial charge in [0.1, 0.15) is 0 Å². The van der Waals surface area contributed by atoms with E-state index in [1.54, 1.807) is 0 Å². The first-order chi connectivity index (χ1) is 4.97. The van der Waals surface area contributed by atoms with E-state index >= 15 is 0 Å². The lowest BCUT2D eigenvalue weighted by atomic mass is 9.63. The fourth-order valence-corrected chi connectivity index (χ4v) is 2.06. The van der Waals surface area contributed by atoms with E-state index in [1.165, 1.54) is 19.3 Å². The summed E-state index contributed by atoms with van der Waals surface area (Å²) in [6.45, 7) is 6.38. The van der Waals surface area contributed by atoms with Crippen LogP contribution < -0.4 is 0 Å². The Morgan fingerprint density at radius 2 is 2.00 bits per heavy atom. The van der Waals surface area contributed by atoms with Gasteiger partial charge >= 0.3 is 0 Å². The van der Waals surface area contributed by atoms with Gasteiger partial charge in [-0.3, -0.25) is 0 Å². The van der Waals surface area contributed by atoms with Crippen molar-refractivity contribution in [3.8, 4) is 6.07 Å². The van der Waals surface area contributed by atoms with Gasteiger partial charge < -0.3 is 0 Å². The second kappa shape index (κ2) is 2.52. The molecule has 62 valence electrons. The Morgan fingerprint density at radius 1 is 1.45 bits per heavy atom. The smallest absolute Gasteiger partial charge is 0.0684 e. The first-order valence-electron chi connectivity index (χ1n) is 4.39. The average molecular weight is 151 g/mol. The van der Waals surface area contributed by atoms with Gasteiger partial charge in [0.15, 0.2) is 0 Å². The molecular weight excluding hydrogens is 134 g/mol. The third kappa shape index (κ3) is 1.96. The van der Waals surface area contributed by atoms with Crippen molar-refractivity contribution in [1.82, 2.24) is 0 Å². The van der Waals surface area contributed by atoms with Crippen LogP contribution in [0.25, 0.3) is 0 Å². The van der Waals surface area contributed by atoms with Crippen LogP contribution in [0.2, 0.25) is 0 Å². The SMILES string of the molecule is CC(C)(C#N)CC1(C)CCC1. The molecular formula is C10H17N. The van der Waals surface area contributed by atoms with Crippen LogP contribution in [-0.4, -0.2) is 0 Å². The number of rotatable bonds is 2. The van der Waals surface area contributed by atoms with Gasteiger partial charge in [0.05, 0.1) is 11.5 Å². The van der Waals surface area contributed by atoms with Gasteiger partial charge in [-0.25, -0.2) is 0 Å². The largest absolute Gasteiger partial charge is 0.198 e. The van der Waals surface area contributed by atoms with Gasteiger partial charge in [-0.05, 0) is 38.5 Å². The van der Waals surface area contributed by atoms with E-state index in [9.17, 15) is 0 Å². The van der Waals surface area contributed by atoms with E-state index < -0.39 is 0 Å². The molecule has 1 saturated carbocycles. The zero-order valence-electron chi connectivity index (χ0n) is 7.78. The fourth-order valence-electron chi connectivity index (χ4n) is 2.06. The molecule has 0 heterocycles. The summed E-state index contributed by atoms with van der Waals surface area (Å²) in [5, 5.41) is 8.83. The number of hydrogen-bond acceptors (Lipinski definition) is 1.